The van der Waals surface area contributed by atoms with Crippen molar-refractivity contribution >= 4 is 5.97 Å². The molecule has 1 saturated heterocycles. The molecule has 5 nitrogen and oxygen atoms in total. The number of hydrogen-bond donors (Lipinski definition) is 1. The van der Waals surface area contributed by atoms with Crippen molar-refractivity contribution in [2.45, 2.75) is 20.0 Å². The zero-order valence-electron chi connectivity index (χ0n) is 11.3. The number of hydrogen-bond acceptors (Lipinski definition) is 5. The van der Waals surface area contributed by atoms with Crippen molar-refractivity contribution in [3.8, 4) is 0 Å². The summed E-state index contributed by atoms with van der Waals surface area (Å²) in [6, 6.07) is 0. The molecular weight excluding hydrogens is 220 g/mol. The van der Waals surface area contributed by atoms with E-state index >= 15 is 0 Å². The van der Waals surface area contributed by atoms with Crippen LogP contribution in [0.3, 0.4) is 0 Å². The summed E-state index contributed by atoms with van der Waals surface area (Å²) in [6.07, 6.45) is 0.210. The van der Waals surface area contributed by atoms with Crippen molar-refractivity contribution < 1.29 is 14.3 Å². The van der Waals surface area contributed by atoms with E-state index < -0.39 is 5.41 Å². The van der Waals surface area contributed by atoms with E-state index in [0.717, 1.165) is 26.2 Å². The molecule has 1 aliphatic heterocycles. The summed E-state index contributed by atoms with van der Waals surface area (Å²) in [4.78, 5) is 13.9. The third kappa shape index (κ3) is 4.26. The predicted molar refractivity (Wildman–Crippen MR) is 65.9 cm³/mol. The van der Waals surface area contributed by atoms with Crippen molar-refractivity contribution in [2.24, 2.45) is 5.41 Å². The Kier molecular flexibility index (Phi) is 5.36. The fraction of sp³-hybridized carbons (Fsp3) is 0.917. The van der Waals surface area contributed by atoms with E-state index in [1.807, 2.05) is 20.9 Å². The second kappa shape index (κ2) is 6.33. The van der Waals surface area contributed by atoms with Crippen molar-refractivity contribution in [3.05, 3.63) is 0 Å². The Balaban J connectivity index is 2.47. The van der Waals surface area contributed by atoms with Crippen molar-refractivity contribution in [1.29, 1.82) is 0 Å². The zero-order chi connectivity index (χ0) is 12.9. The number of nitrogens with one attached hydrogen (secondary N) is 1. The Morgan fingerprint density at radius 1 is 1.59 bits per heavy atom. The topological polar surface area (TPSA) is 50.8 Å². The third-order valence-electron chi connectivity index (χ3n) is 3.01. The van der Waals surface area contributed by atoms with E-state index in [4.69, 9.17) is 9.47 Å². The first-order valence-electron chi connectivity index (χ1n) is 6.06. The summed E-state index contributed by atoms with van der Waals surface area (Å²) in [5.41, 5.74) is -0.462. The number of likely N-dealkylation sites (N-methyl/N-ethyl adjacent to an activating group) is 1. The van der Waals surface area contributed by atoms with Crippen LogP contribution >= 0.6 is 0 Å². The van der Waals surface area contributed by atoms with Gasteiger partial charge in [0.1, 0.15) is 0 Å². The molecule has 0 aliphatic carbocycles. The number of methoxy groups -OCH3 is 1. The quantitative estimate of drug-likeness (QED) is 0.695. The number of carbonyl (C=O) groups is 1. The molecule has 0 aromatic rings. The summed E-state index contributed by atoms with van der Waals surface area (Å²) in [7, 11) is 3.36. The molecule has 1 rings (SSSR count). The predicted octanol–water partition coefficient (Wildman–Crippen LogP) is 0.106. The molecule has 1 aliphatic rings. The number of carbonyl (C=O) groups excluding carboxylic acids is 1. The van der Waals surface area contributed by atoms with Crippen LogP contribution in [0, 0.1) is 5.41 Å². The fourth-order valence-corrected chi connectivity index (χ4v) is 2.18. The lowest BCUT2D eigenvalue weighted by Crippen LogP contribution is -2.50. The van der Waals surface area contributed by atoms with Crippen LogP contribution in [0.5, 0.6) is 0 Å². The summed E-state index contributed by atoms with van der Waals surface area (Å²) in [5.74, 6) is -0.158. The molecule has 5 heteroatoms. The molecule has 1 N–H and O–H groups in total. The Morgan fingerprint density at radius 3 is 2.88 bits per heavy atom. The summed E-state index contributed by atoms with van der Waals surface area (Å²) in [5, 5.41) is 3.11. The van der Waals surface area contributed by atoms with Crippen LogP contribution in [0.15, 0.2) is 0 Å². The monoisotopic (exact) mass is 244 g/mol. The molecule has 17 heavy (non-hydrogen) atoms. The van der Waals surface area contributed by atoms with Crippen LogP contribution in [-0.4, -0.2) is 63.9 Å². The fourth-order valence-electron chi connectivity index (χ4n) is 2.18. The number of nitrogens with zero attached hydrogens (tertiary/aromatic N) is 1. The van der Waals surface area contributed by atoms with Gasteiger partial charge in [0.15, 0.2) is 0 Å². The lowest BCUT2D eigenvalue weighted by atomic mass is 9.92. The van der Waals surface area contributed by atoms with E-state index in [-0.39, 0.29) is 12.1 Å². The maximum absolute atomic E-state index is 11.6. The molecule has 0 spiro atoms. The number of ether oxygens (including phenoxy) is 2. The first-order valence-corrected chi connectivity index (χ1v) is 6.06. The second-order valence-corrected chi connectivity index (χ2v) is 5.16. The maximum Gasteiger partial charge on any atom is 0.312 e. The summed E-state index contributed by atoms with van der Waals surface area (Å²) in [6.45, 7) is 7.85. The second-order valence-electron chi connectivity index (χ2n) is 5.16. The van der Waals surface area contributed by atoms with Crippen LogP contribution in [-0.2, 0) is 14.3 Å². The highest BCUT2D eigenvalue weighted by atomic mass is 16.5. The number of rotatable bonds is 5. The van der Waals surface area contributed by atoms with Crippen molar-refractivity contribution in [3.63, 3.8) is 0 Å². The molecule has 0 saturated carbocycles. The van der Waals surface area contributed by atoms with Crippen LogP contribution in [0.4, 0.5) is 0 Å². The standard InChI is InChI=1S/C12H24N2O3/c1-12(2,11(15)16-4)9-14-5-6-17-10(8-14)7-13-3/h10,13H,5-9H2,1-4H3. The van der Waals surface area contributed by atoms with Crippen LogP contribution in [0.1, 0.15) is 13.8 Å². The minimum Gasteiger partial charge on any atom is -0.469 e. The number of morpholine rings is 1. The Bertz CT molecular complexity index is 254. The van der Waals surface area contributed by atoms with Gasteiger partial charge in [0.05, 0.1) is 25.2 Å². The van der Waals surface area contributed by atoms with E-state index in [1.165, 1.54) is 7.11 Å². The molecule has 0 aromatic heterocycles. The van der Waals surface area contributed by atoms with Gasteiger partial charge in [0.25, 0.3) is 0 Å². The van der Waals surface area contributed by atoms with Crippen LogP contribution in [0.25, 0.3) is 0 Å². The zero-order valence-corrected chi connectivity index (χ0v) is 11.3. The molecule has 1 fully saturated rings. The van der Waals surface area contributed by atoms with Gasteiger partial charge in [0, 0.05) is 26.2 Å². The van der Waals surface area contributed by atoms with E-state index in [2.05, 4.69) is 10.2 Å². The number of esters is 1. The summed E-state index contributed by atoms with van der Waals surface area (Å²) >= 11 is 0. The molecule has 0 aromatic carbocycles. The Hall–Kier alpha value is -0.650. The van der Waals surface area contributed by atoms with Gasteiger partial charge in [-0.25, -0.2) is 0 Å². The van der Waals surface area contributed by atoms with Crippen LogP contribution in [0.2, 0.25) is 0 Å². The minimum atomic E-state index is -0.462. The highest BCUT2D eigenvalue weighted by Crippen LogP contribution is 2.20. The largest absolute Gasteiger partial charge is 0.469 e. The van der Waals surface area contributed by atoms with Crippen LogP contribution < -0.4 is 5.32 Å². The van der Waals surface area contributed by atoms with Gasteiger partial charge in [-0.1, -0.05) is 0 Å². The van der Waals surface area contributed by atoms with Gasteiger partial charge in [0.2, 0.25) is 0 Å². The SMILES string of the molecule is CNCC1CN(CC(C)(C)C(=O)OC)CCO1. The summed E-state index contributed by atoms with van der Waals surface area (Å²) < 4.78 is 10.5. The Morgan fingerprint density at radius 2 is 2.29 bits per heavy atom. The highest BCUT2D eigenvalue weighted by Gasteiger charge is 2.33. The lowest BCUT2D eigenvalue weighted by molar-refractivity contribution is -0.153. The first kappa shape index (κ1) is 14.4. The van der Waals surface area contributed by atoms with Crippen molar-refractivity contribution in [1.82, 2.24) is 10.2 Å². The first-order chi connectivity index (χ1) is 7.99. The van der Waals surface area contributed by atoms with E-state index in [1.54, 1.807) is 0 Å². The minimum absolute atomic E-state index is 0.158. The van der Waals surface area contributed by atoms with Gasteiger partial charge in [-0.2, -0.15) is 0 Å². The lowest BCUT2D eigenvalue weighted by Gasteiger charge is -2.36. The molecule has 1 heterocycles. The average molecular weight is 244 g/mol. The van der Waals surface area contributed by atoms with Gasteiger partial charge in [-0.05, 0) is 20.9 Å². The molecule has 0 radical (unpaired) electrons. The third-order valence-corrected chi connectivity index (χ3v) is 3.01. The van der Waals surface area contributed by atoms with Crippen molar-refractivity contribution in [2.75, 3.05) is 46.9 Å². The molecule has 1 atom stereocenters. The van der Waals surface area contributed by atoms with Gasteiger partial charge in [-0.15, -0.1) is 0 Å². The molecule has 1 unspecified atom stereocenters. The normalized spacial score (nSPS) is 22.5. The molecule has 0 amide bonds. The van der Waals surface area contributed by atoms with Gasteiger partial charge >= 0.3 is 5.97 Å². The van der Waals surface area contributed by atoms with Gasteiger partial charge < -0.3 is 14.8 Å². The van der Waals surface area contributed by atoms with Gasteiger partial charge in [-0.3, -0.25) is 9.69 Å². The molecule has 100 valence electrons. The average Bonchev–Trinajstić information content (AvgIpc) is 2.28. The molecule has 0 bridgehead atoms. The highest BCUT2D eigenvalue weighted by molar-refractivity contribution is 5.76. The van der Waals surface area contributed by atoms with E-state index in [0.29, 0.717) is 6.54 Å². The molecular formula is C12H24N2O3. The smallest absolute Gasteiger partial charge is 0.312 e. The Labute approximate surface area is 103 Å². The van der Waals surface area contributed by atoms with E-state index in [9.17, 15) is 4.79 Å². The maximum atomic E-state index is 11.6.